The van der Waals surface area contributed by atoms with Crippen LogP contribution in [0.4, 0.5) is 5.69 Å². The SMILES string of the molecule is CCN(CC(O)c1cc(C)cc(C)c1)c1cccc(C)c1. The average molecular weight is 283 g/mol. The van der Waals surface area contributed by atoms with E-state index in [1.807, 2.05) is 0 Å². The summed E-state index contributed by atoms with van der Waals surface area (Å²) in [5.74, 6) is 0. The standard InChI is InChI=1S/C19H25NO/c1-5-20(18-8-6-7-14(2)12-18)13-19(21)17-10-15(3)9-16(4)11-17/h6-12,19,21H,5,13H2,1-4H3. The number of aliphatic hydroxyl groups is 1. The van der Waals surface area contributed by atoms with Crippen LogP contribution >= 0.6 is 0 Å². The van der Waals surface area contributed by atoms with E-state index in [1.165, 1.54) is 22.4 Å². The second-order valence-electron chi connectivity index (χ2n) is 5.81. The molecule has 1 N–H and O–H groups in total. The summed E-state index contributed by atoms with van der Waals surface area (Å²) in [6.07, 6.45) is -0.468. The molecule has 0 aromatic heterocycles. The molecule has 2 aromatic carbocycles. The van der Waals surface area contributed by atoms with E-state index in [1.54, 1.807) is 0 Å². The van der Waals surface area contributed by atoms with E-state index >= 15 is 0 Å². The van der Waals surface area contributed by atoms with Crippen molar-refractivity contribution in [2.45, 2.75) is 33.8 Å². The number of nitrogens with zero attached hydrogens (tertiary/aromatic N) is 1. The van der Waals surface area contributed by atoms with Gasteiger partial charge in [-0.15, -0.1) is 0 Å². The van der Waals surface area contributed by atoms with Gasteiger partial charge in [0.1, 0.15) is 0 Å². The molecule has 112 valence electrons. The molecule has 21 heavy (non-hydrogen) atoms. The second kappa shape index (κ2) is 6.77. The van der Waals surface area contributed by atoms with Crippen LogP contribution in [-0.4, -0.2) is 18.2 Å². The van der Waals surface area contributed by atoms with Crippen LogP contribution in [0.3, 0.4) is 0 Å². The minimum atomic E-state index is -0.468. The molecule has 2 nitrogen and oxygen atoms in total. The van der Waals surface area contributed by atoms with E-state index in [9.17, 15) is 5.11 Å². The summed E-state index contributed by atoms with van der Waals surface area (Å²) < 4.78 is 0. The zero-order chi connectivity index (χ0) is 15.4. The summed E-state index contributed by atoms with van der Waals surface area (Å²) in [7, 11) is 0. The summed E-state index contributed by atoms with van der Waals surface area (Å²) in [5.41, 5.74) is 5.80. The Morgan fingerprint density at radius 2 is 1.62 bits per heavy atom. The third-order valence-electron chi connectivity index (χ3n) is 3.77. The maximum atomic E-state index is 10.6. The summed E-state index contributed by atoms with van der Waals surface area (Å²) in [6, 6.07) is 14.7. The van der Waals surface area contributed by atoms with Crippen molar-refractivity contribution in [3.63, 3.8) is 0 Å². The molecule has 0 saturated carbocycles. The Bertz CT molecular complexity index is 586. The Hall–Kier alpha value is -1.80. The average Bonchev–Trinajstić information content (AvgIpc) is 2.43. The van der Waals surface area contributed by atoms with Gasteiger partial charge in [-0.05, 0) is 51.0 Å². The normalized spacial score (nSPS) is 12.2. The van der Waals surface area contributed by atoms with Gasteiger partial charge in [-0.25, -0.2) is 0 Å². The Morgan fingerprint density at radius 3 is 2.19 bits per heavy atom. The highest BCUT2D eigenvalue weighted by molar-refractivity contribution is 5.48. The lowest BCUT2D eigenvalue weighted by Gasteiger charge is -2.26. The number of rotatable bonds is 5. The van der Waals surface area contributed by atoms with Gasteiger partial charge < -0.3 is 10.0 Å². The van der Waals surface area contributed by atoms with Crippen molar-refractivity contribution in [1.29, 1.82) is 0 Å². The van der Waals surface area contributed by atoms with Crippen molar-refractivity contribution in [2.75, 3.05) is 18.0 Å². The Labute approximate surface area is 128 Å². The van der Waals surface area contributed by atoms with E-state index in [-0.39, 0.29) is 0 Å². The third kappa shape index (κ3) is 4.08. The molecular formula is C19H25NO. The molecule has 0 bridgehead atoms. The third-order valence-corrected chi connectivity index (χ3v) is 3.77. The number of aliphatic hydroxyl groups excluding tert-OH is 1. The number of aryl methyl sites for hydroxylation is 3. The van der Waals surface area contributed by atoms with Gasteiger partial charge in [0.05, 0.1) is 6.10 Å². The maximum absolute atomic E-state index is 10.6. The Morgan fingerprint density at radius 1 is 0.952 bits per heavy atom. The van der Waals surface area contributed by atoms with Gasteiger partial charge in [0.15, 0.2) is 0 Å². The van der Waals surface area contributed by atoms with Crippen LogP contribution in [0.15, 0.2) is 42.5 Å². The topological polar surface area (TPSA) is 23.5 Å². The van der Waals surface area contributed by atoms with Crippen LogP contribution in [0.2, 0.25) is 0 Å². The van der Waals surface area contributed by atoms with E-state index in [4.69, 9.17) is 0 Å². The first-order valence-electron chi connectivity index (χ1n) is 7.57. The van der Waals surface area contributed by atoms with Crippen LogP contribution in [0.1, 0.15) is 35.3 Å². The molecule has 2 rings (SSSR count). The lowest BCUT2D eigenvalue weighted by molar-refractivity contribution is 0.183. The van der Waals surface area contributed by atoms with Gasteiger partial charge in [-0.1, -0.05) is 41.5 Å². The summed E-state index contributed by atoms with van der Waals surface area (Å²) in [4.78, 5) is 2.22. The molecule has 1 unspecified atom stereocenters. The first-order chi connectivity index (χ1) is 9.99. The zero-order valence-corrected chi connectivity index (χ0v) is 13.4. The second-order valence-corrected chi connectivity index (χ2v) is 5.81. The van der Waals surface area contributed by atoms with Crippen LogP contribution in [0.5, 0.6) is 0 Å². The number of benzene rings is 2. The molecule has 2 aromatic rings. The largest absolute Gasteiger partial charge is 0.387 e. The molecule has 0 aliphatic heterocycles. The molecule has 0 amide bonds. The predicted octanol–water partition coefficient (Wildman–Crippen LogP) is 4.17. The molecule has 0 spiro atoms. The number of hydrogen-bond donors (Lipinski definition) is 1. The molecular weight excluding hydrogens is 258 g/mol. The van der Waals surface area contributed by atoms with E-state index in [0.717, 1.165) is 12.1 Å². The quantitative estimate of drug-likeness (QED) is 0.890. The maximum Gasteiger partial charge on any atom is 0.0965 e. The lowest BCUT2D eigenvalue weighted by Crippen LogP contribution is -2.28. The first kappa shape index (κ1) is 15.6. The highest BCUT2D eigenvalue weighted by atomic mass is 16.3. The highest BCUT2D eigenvalue weighted by Crippen LogP contribution is 2.22. The van der Waals surface area contributed by atoms with E-state index in [0.29, 0.717) is 6.54 Å². The van der Waals surface area contributed by atoms with E-state index in [2.05, 4.69) is 75.1 Å². The fraction of sp³-hybridized carbons (Fsp3) is 0.368. The molecule has 1 atom stereocenters. The van der Waals surface area contributed by atoms with Gasteiger partial charge in [0.25, 0.3) is 0 Å². The predicted molar refractivity (Wildman–Crippen MR) is 89.9 cm³/mol. The van der Waals surface area contributed by atoms with Crippen LogP contribution in [-0.2, 0) is 0 Å². The highest BCUT2D eigenvalue weighted by Gasteiger charge is 2.14. The van der Waals surface area contributed by atoms with Crippen LogP contribution in [0.25, 0.3) is 0 Å². The van der Waals surface area contributed by atoms with Crippen molar-refractivity contribution >= 4 is 5.69 Å². The minimum absolute atomic E-state index is 0.468. The Kier molecular flexibility index (Phi) is 5.03. The molecule has 2 heteroatoms. The van der Waals surface area contributed by atoms with Crippen molar-refractivity contribution in [1.82, 2.24) is 0 Å². The monoisotopic (exact) mass is 283 g/mol. The van der Waals surface area contributed by atoms with Crippen molar-refractivity contribution < 1.29 is 5.11 Å². The van der Waals surface area contributed by atoms with Crippen molar-refractivity contribution in [2.24, 2.45) is 0 Å². The minimum Gasteiger partial charge on any atom is -0.387 e. The summed E-state index contributed by atoms with van der Waals surface area (Å²) in [5, 5.41) is 10.6. The number of likely N-dealkylation sites (N-methyl/N-ethyl adjacent to an activating group) is 1. The summed E-state index contributed by atoms with van der Waals surface area (Å²) >= 11 is 0. The van der Waals surface area contributed by atoms with Gasteiger partial charge in [0.2, 0.25) is 0 Å². The van der Waals surface area contributed by atoms with Crippen molar-refractivity contribution in [3.05, 3.63) is 64.7 Å². The molecule has 0 heterocycles. The van der Waals surface area contributed by atoms with Crippen LogP contribution < -0.4 is 4.90 Å². The van der Waals surface area contributed by atoms with Gasteiger partial charge in [-0.3, -0.25) is 0 Å². The lowest BCUT2D eigenvalue weighted by atomic mass is 10.0. The fourth-order valence-corrected chi connectivity index (χ4v) is 2.76. The number of anilines is 1. The zero-order valence-electron chi connectivity index (χ0n) is 13.4. The molecule has 0 radical (unpaired) electrons. The van der Waals surface area contributed by atoms with Crippen molar-refractivity contribution in [3.8, 4) is 0 Å². The smallest absolute Gasteiger partial charge is 0.0965 e. The van der Waals surface area contributed by atoms with Gasteiger partial charge >= 0.3 is 0 Å². The molecule has 0 fully saturated rings. The van der Waals surface area contributed by atoms with Gasteiger partial charge in [0, 0.05) is 18.8 Å². The van der Waals surface area contributed by atoms with Crippen LogP contribution in [0, 0.1) is 20.8 Å². The fourth-order valence-electron chi connectivity index (χ4n) is 2.76. The molecule has 0 aliphatic carbocycles. The molecule has 0 aliphatic rings. The first-order valence-corrected chi connectivity index (χ1v) is 7.57. The summed E-state index contributed by atoms with van der Waals surface area (Å²) in [6.45, 7) is 9.85. The van der Waals surface area contributed by atoms with E-state index < -0.39 is 6.10 Å². The van der Waals surface area contributed by atoms with Gasteiger partial charge in [-0.2, -0.15) is 0 Å². The molecule has 0 saturated heterocycles. The Balaban J connectivity index is 2.18. The number of hydrogen-bond acceptors (Lipinski definition) is 2.